The van der Waals surface area contributed by atoms with Gasteiger partial charge in [-0.3, -0.25) is 9.78 Å². The van der Waals surface area contributed by atoms with Gasteiger partial charge >= 0.3 is 5.97 Å². The molecule has 1 atom stereocenters. The van der Waals surface area contributed by atoms with Gasteiger partial charge < -0.3 is 19.6 Å². The predicted octanol–water partition coefficient (Wildman–Crippen LogP) is 1.63. The lowest BCUT2D eigenvalue weighted by Gasteiger charge is -2.12. The summed E-state index contributed by atoms with van der Waals surface area (Å²) in [6.45, 7) is 1.46. The maximum Gasteiger partial charge on any atom is 0.339 e. The van der Waals surface area contributed by atoms with Crippen LogP contribution in [0.1, 0.15) is 29.1 Å². The van der Waals surface area contributed by atoms with Crippen LogP contribution in [-0.2, 0) is 4.79 Å². The highest BCUT2D eigenvalue weighted by Gasteiger charge is 2.15. The minimum absolute atomic E-state index is 0.0446. The molecule has 0 saturated heterocycles. The van der Waals surface area contributed by atoms with Crippen LogP contribution in [0.4, 0.5) is 0 Å². The van der Waals surface area contributed by atoms with Gasteiger partial charge in [-0.05, 0) is 25.1 Å². The summed E-state index contributed by atoms with van der Waals surface area (Å²) in [7, 11) is 0. The van der Waals surface area contributed by atoms with Crippen LogP contribution in [0.25, 0.3) is 0 Å². The maximum atomic E-state index is 11.8. The van der Waals surface area contributed by atoms with E-state index < -0.39 is 5.97 Å². The third kappa shape index (κ3) is 3.82. The molecule has 0 saturated carbocycles. The van der Waals surface area contributed by atoms with Crippen molar-refractivity contribution in [3.63, 3.8) is 0 Å². The molecule has 0 aliphatic heterocycles. The molecular weight excluding hydrogens is 276 g/mol. The smallest absolute Gasteiger partial charge is 0.339 e. The van der Waals surface area contributed by atoms with Crippen LogP contribution in [0.5, 0.6) is 5.75 Å². The summed E-state index contributed by atoms with van der Waals surface area (Å²) in [6, 6.07) is 4.48. The number of nitrogens with one attached hydrogen (secondary N) is 1. The van der Waals surface area contributed by atoms with Gasteiger partial charge in [0.15, 0.2) is 12.4 Å². The number of furan rings is 1. The molecule has 1 unspecified atom stereocenters. The molecule has 0 aliphatic rings. The number of amides is 1. The Bertz CT molecular complexity index is 624. The van der Waals surface area contributed by atoms with Gasteiger partial charge in [-0.15, -0.1) is 0 Å². The first-order valence-electron chi connectivity index (χ1n) is 6.21. The van der Waals surface area contributed by atoms with Crippen molar-refractivity contribution in [2.24, 2.45) is 0 Å². The molecule has 7 heteroatoms. The van der Waals surface area contributed by atoms with Crippen molar-refractivity contribution in [3.05, 3.63) is 48.2 Å². The van der Waals surface area contributed by atoms with Crippen LogP contribution < -0.4 is 10.1 Å². The van der Waals surface area contributed by atoms with Gasteiger partial charge in [-0.2, -0.15) is 0 Å². The van der Waals surface area contributed by atoms with Gasteiger partial charge in [0.05, 0.1) is 18.5 Å². The highest BCUT2D eigenvalue weighted by Crippen LogP contribution is 2.16. The fraction of sp³-hybridized carbons (Fsp3) is 0.214. The van der Waals surface area contributed by atoms with E-state index in [1.165, 1.54) is 24.7 Å². The van der Waals surface area contributed by atoms with E-state index >= 15 is 0 Å². The minimum atomic E-state index is -1.14. The van der Waals surface area contributed by atoms with E-state index in [0.717, 1.165) is 0 Å². The number of carboxylic acids is 1. The first-order chi connectivity index (χ1) is 10.1. The first kappa shape index (κ1) is 14.6. The highest BCUT2D eigenvalue weighted by atomic mass is 16.5. The molecule has 7 nitrogen and oxygen atoms in total. The monoisotopic (exact) mass is 290 g/mol. The molecule has 0 radical (unpaired) electrons. The van der Waals surface area contributed by atoms with E-state index in [4.69, 9.17) is 14.3 Å². The number of aromatic nitrogens is 1. The second-order valence-electron chi connectivity index (χ2n) is 4.27. The molecule has 2 rings (SSSR count). The summed E-state index contributed by atoms with van der Waals surface area (Å²) in [5, 5.41) is 11.7. The Morgan fingerprint density at radius 2 is 2.29 bits per heavy atom. The second kappa shape index (κ2) is 6.56. The highest BCUT2D eigenvalue weighted by molar-refractivity contribution is 5.90. The SMILES string of the molecule is CC(NC(=O)COc1cnccc1C(=O)O)c1ccco1. The number of hydrogen-bond acceptors (Lipinski definition) is 5. The largest absolute Gasteiger partial charge is 0.481 e. The minimum Gasteiger partial charge on any atom is -0.481 e. The number of carbonyl (C=O) groups excluding carboxylic acids is 1. The topological polar surface area (TPSA) is 102 Å². The zero-order valence-electron chi connectivity index (χ0n) is 11.3. The Morgan fingerprint density at radius 1 is 1.48 bits per heavy atom. The molecule has 0 bridgehead atoms. The molecule has 0 fully saturated rings. The van der Waals surface area contributed by atoms with Crippen LogP contribution in [0, 0.1) is 0 Å². The standard InChI is InChI=1S/C14H14N2O5/c1-9(11-3-2-6-20-11)16-13(17)8-21-12-7-15-5-4-10(12)14(18)19/h2-7,9H,8H2,1H3,(H,16,17)(H,18,19). The van der Waals surface area contributed by atoms with Crippen molar-refractivity contribution in [3.8, 4) is 5.75 Å². The molecule has 0 aliphatic carbocycles. The normalized spacial score (nSPS) is 11.7. The zero-order chi connectivity index (χ0) is 15.2. The molecule has 2 aromatic heterocycles. The van der Waals surface area contributed by atoms with Gasteiger partial charge in [0.1, 0.15) is 11.3 Å². The van der Waals surface area contributed by atoms with Crippen molar-refractivity contribution in [1.29, 1.82) is 0 Å². The number of nitrogens with zero attached hydrogens (tertiary/aromatic N) is 1. The molecular formula is C14H14N2O5. The molecule has 1 amide bonds. The Morgan fingerprint density at radius 3 is 2.95 bits per heavy atom. The fourth-order valence-electron chi connectivity index (χ4n) is 1.71. The number of ether oxygens (including phenoxy) is 1. The summed E-state index contributed by atoms with van der Waals surface area (Å²) in [6.07, 6.45) is 4.12. The lowest BCUT2D eigenvalue weighted by molar-refractivity contribution is -0.123. The summed E-state index contributed by atoms with van der Waals surface area (Å²) in [4.78, 5) is 26.5. The van der Waals surface area contributed by atoms with Gasteiger partial charge in [0, 0.05) is 6.20 Å². The molecule has 2 heterocycles. The van der Waals surface area contributed by atoms with Crippen LogP contribution in [0.15, 0.2) is 41.3 Å². The average molecular weight is 290 g/mol. The lowest BCUT2D eigenvalue weighted by Crippen LogP contribution is -2.31. The lowest BCUT2D eigenvalue weighted by atomic mass is 10.2. The molecule has 0 spiro atoms. The van der Waals surface area contributed by atoms with E-state index in [-0.39, 0.29) is 29.9 Å². The van der Waals surface area contributed by atoms with E-state index in [2.05, 4.69) is 10.3 Å². The molecule has 2 N–H and O–H groups in total. The van der Waals surface area contributed by atoms with E-state index in [0.29, 0.717) is 5.76 Å². The van der Waals surface area contributed by atoms with Crippen molar-refractivity contribution in [2.45, 2.75) is 13.0 Å². The Hall–Kier alpha value is -2.83. The van der Waals surface area contributed by atoms with Crippen molar-refractivity contribution < 1.29 is 23.8 Å². The predicted molar refractivity (Wildman–Crippen MR) is 72.0 cm³/mol. The number of pyridine rings is 1. The van der Waals surface area contributed by atoms with Crippen LogP contribution >= 0.6 is 0 Å². The molecule has 21 heavy (non-hydrogen) atoms. The van der Waals surface area contributed by atoms with E-state index in [1.807, 2.05) is 0 Å². The summed E-state index contributed by atoms with van der Waals surface area (Å²) < 4.78 is 10.4. The number of rotatable bonds is 6. The van der Waals surface area contributed by atoms with E-state index in [1.54, 1.807) is 19.1 Å². The third-order valence-electron chi connectivity index (χ3n) is 2.72. The number of carboxylic acid groups (broad SMARTS) is 1. The Labute approximate surface area is 120 Å². The fourth-order valence-corrected chi connectivity index (χ4v) is 1.71. The number of carbonyl (C=O) groups is 2. The zero-order valence-corrected chi connectivity index (χ0v) is 11.3. The van der Waals surface area contributed by atoms with E-state index in [9.17, 15) is 9.59 Å². The number of aromatic carboxylic acids is 1. The van der Waals surface area contributed by atoms with Crippen molar-refractivity contribution in [2.75, 3.05) is 6.61 Å². The van der Waals surface area contributed by atoms with Gasteiger partial charge in [0.2, 0.25) is 0 Å². The van der Waals surface area contributed by atoms with Gasteiger partial charge in [0.25, 0.3) is 5.91 Å². The van der Waals surface area contributed by atoms with Crippen molar-refractivity contribution >= 4 is 11.9 Å². The number of hydrogen-bond donors (Lipinski definition) is 2. The summed E-state index contributed by atoms with van der Waals surface area (Å²) in [5.41, 5.74) is -0.0446. The third-order valence-corrected chi connectivity index (χ3v) is 2.72. The second-order valence-corrected chi connectivity index (χ2v) is 4.27. The molecule has 0 aromatic carbocycles. The van der Waals surface area contributed by atoms with Gasteiger partial charge in [-0.1, -0.05) is 0 Å². The van der Waals surface area contributed by atoms with Crippen LogP contribution in [-0.4, -0.2) is 28.6 Å². The Balaban J connectivity index is 1.91. The maximum absolute atomic E-state index is 11.8. The van der Waals surface area contributed by atoms with Crippen LogP contribution in [0.3, 0.4) is 0 Å². The van der Waals surface area contributed by atoms with Crippen LogP contribution in [0.2, 0.25) is 0 Å². The molecule has 2 aromatic rings. The quantitative estimate of drug-likeness (QED) is 0.838. The summed E-state index contributed by atoms with van der Waals surface area (Å²) in [5.74, 6) is -0.863. The average Bonchev–Trinajstić information content (AvgIpc) is 2.99. The Kier molecular flexibility index (Phi) is 4.55. The molecule has 110 valence electrons. The first-order valence-corrected chi connectivity index (χ1v) is 6.21. The van der Waals surface area contributed by atoms with Gasteiger partial charge in [-0.25, -0.2) is 4.79 Å². The van der Waals surface area contributed by atoms with Crippen molar-refractivity contribution in [1.82, 2.24) is 10.3 Å². The summed E-state index contributed by atoms with van der Waals surface area (Å²) >= 11 is 0.